The lowest BCUT2D eigenvalue weighted by Gasteiger charge is -2.21. The lowest BCUT2D eigenvalue weighted by Crippen LogP contribution is -2.29. The third-order valence-corrected chi connectivity index (χ3v) is 10.6. The molecule has 0 aromatic rings. The van der Waals surface area contributed by atoms with Crippen molar-refractivity contribution in [1.29, 1.82) is 0 Å². The molecule has 0 saturated carbocycles. The maximum absolute atomic E-state index is 12.5. The Kier molecular flexibility index (Phi) is 42.4. The summed E-state index contributed by atoms with van der Waals surface area (Å²) in [5.41, 5.74) is 0. The highest BCUT2D eigenvalue weighted by molar-refractivity contribution is 5.69. The van der Waals surface area contributed by atoms with Gasteiger partial charge in [-0.2, -0.15) is 0 Å². The number of hydrogen-bond acceptors (Lipinski definition) is 7. The summed E-state index contributed by atoms with van der Waals surface area (Å²) in [7, 11) is 0. The normalized spacial score (nSPS) is 12.4. The van der Waals surface area contributed by atoms with Gasteiger partial charge < -0.3 is 29.3 Å². The fraction of sp³-hybridized carbons (Fsp3) is 0.978. The van der Waals surface area contributed by atoms with Gasteiger partial charge in [-0.15, -0.1) is 0 Å². The molecule has 0 rings (SSSR count). The summed E-state index contributed by atoms with van der Waals surface area (Å²) in [6, 6.07) is 0. The molecule has 0 spiro atoms. The molecule has 0 saturated heterocycles. The van der Waals surface area contributed by atoms with E-state index in [9.17, 15) is 15.0 Å². The Morgan fingerprint density at radius 3 is 1.35 bits per heavy atom. The first-order valence-electron chi connectivity index (χ1n) is 23.0. The number of aliphatic hydroxyl groups is 2. The van der Waals surface area contributed by atoms with E-state index in [1.165, 1.54) is 135 Å². The van der Waals surface area contributed by atoms with Crippen LogP contribution in [-0.2, 0) is 19.0 Å². The molecule has 0 amide bonds. The van der Waals surface area contributed by atoms with Crippen LogP contribution in [0, 0.1) is 5.92 Å². The van der Waals surface area contributed by atoms with E-state index in [4.69, 9.17) is 14.2 Å². The molecule has 0 aliphatic heterocycles. The number of ether oxygens (including phenoxy) is 3. The zero-order valence-corrected chi connectivity index (χ0v) is 35.2. The molecule has 7 heteroatoms. The van der Waals surface area contributed by atoms with Crippen molar-refractivity contribution in [3.8, 4) is 0 Å². The molecule has 0 aliphatic rings. The Labute approximate surface area is 324 Å². The van der Waals surface area contributed by atoms with Crippen LogP contribution < -0.4 is 0 Å². The minimum Gasteiger partial charge on any atom is -0.465 e. The summed E-state index contributed by atoms with van der Waals surface area (Å²) >= 11 is 0. The Hall–Kier alpha value is -0.730. The fourth-order valence-electron chi connectivity index (χ4n) is 7.08. The van der Waals surface area contributed by atoms with E-state index in [-0.39, 0.29) is 12.6 Å². The second-order valence-corrected chi connectivity index (χ2v) is 15.7. The van der Waals surface area contributed by atoms with Gasteiger partial charge in [0.15, 0.2) is 0 Å². The topological polar surface area (TPSA) is 88.5 Å². The Balaban J connectivity index is 3.90. The van der Waals surface area contributed by atoms with Gasteiger partial charge in [0.1, 0.15) is 0 Å². The molecule has 0 heterocycles. The molecule has 52 heavy (non-hydrogen) atoms. The molecular formula is C45H91NO6. The van der Waals surface area contributed by atoms with E-state index in [2.05, 4.69) is 25.7 Å². The molecule has 1 atom stereocenters. The maximum atomic E-state index is 12.5. The number of carbonyl (C=O) groups is 1. The minimum absolute atomic E-state index is 0.00784. The molecular weight excluding hydrogens is 650 g/mol. The van der Waals surface area contributed by atoms with Crippen molar-refractivity contribution in [2.24, 2.45) is 5.92 Å². The maximum Gasteiger partial charge on any atom is 0.305 e. The number of hydrogen-bond donors (Lipinski definition) is 2. The van der Waals surface area contributed by atoms with E-state index >= 15 is 0 Å². The van der Waals surface area contributed by atoms with Gasteiger partial charge >= 0.3 is 5.97 Å². The van der Waals surface area contributed by atoms with Gasteiger partial charge in [0.05, 0.1) is 26.4 Å². The van der Waals surface area contributed by atoms with Gasteiger partial charge in [-0.3, -0.25) is 4.79 Å². The largest absolute Gasteiger partial charge is 0.465 e. The second kappa shape index (κ2) is 43.0. The Morgan fingerprint density at radius 2 is 0.885 bits per heavy atom. The van der Waals surface area contributed by atoms with Crippen molar-refractivity contribution in [3.05, 3.63) is 0 Å². The quantitative estimate of drug-likeness (QED) is 0.0365. The molecule has 0 aromatic carbocycles. The minimum atomic E-state index is -1.11. The van der Waals surface area contributed by atoms with Crippen molar-refractivity contribution in [2.75, 3.05) is 46.1 Å². The highest BCUT2D eigenvalue weighted by Gasteiger charge is 2.13. The first-order chi connectivity index (χ1) is 25.6. The van der Waals surface area contributed by atoms with Crippen LogP contribution in [0.25, 0.3) is 0 Å². The Bertz CT molecular complexity index is 679. The molecule has 0 bridgehead atoms. The van der Waals surface area contributed by atoms with Gasteiger partial charge in [0, 0.05) is 13.0 Å². The van der Waals surface area contributed by atoms with E-state index in [1.807, 2.05) is 0 Å². The van der Waals surface area contributed by atoms with Crippen LogP contribution in [0.4, 0.5) is 0 Å². The average Bonchev–Trinajstić information content (AvgIpc) is 3.14. The van der Waals surface area contributed by atoms with Crippen LogP contribution >= 0.6 is 0 Å². The molecule has 312 valence electrons. The number of aliphatic hydroxyl groups excluding tert-OH is 2. The van der Waals surface area contributed by atoms with E-state index in [1.54, 1.807) is 0 Å². The van der Waals surface area contributed by atoms with E-state index in [0.29, 0.717) is 38.7 Å². The predicted octanol–water partition coefficient (Wildman–Crippen LogP) is 12.3. The second-order valence-electron chi connectivity index (χ2n) is 15.7. The van der Waals surface area contributed by atoms with Crippen molar-refractivity contribution >= 4 is 5.97 Å². The van der Waals surface area contributed by atoms with Gasteiger partial charge in [-0.05, 0) is 70.4 Å². The van der Waals surface area contributed by atoms with Crippen molar-refractivity contribution < 1.29 is 29.2 Å². The molecule has 0 fully saturated rings. The highest BCUT2D eigenvalue weighted by atomic mass is 16.8. The summed E-state index contributed by atoms with van der Waals surface area (Å²) < 4.78 is 16.6. The SMILES string of the molecule is CCCCCCCCCCCOC(O)OCCCCCN(CCO)CCCCCCCC(=O)OCC(CCCCCCCC)CCCCCCCC. The van der Waals surface area contributed by atoms with Gasteiger partial charge in [0.2, 0.25) is 0 Å². The number of nitrogens with zero attached hydrogens (tertiary/aromatic N) is 1. The third-order valence-electron chi connectivity index (χ3n) is 10.6. The number of unbranched alkanes of at least 4 members (excludes halogenated alkanes) is 24. The van der Waals surface area contributed by atoms with Gasteiger partial charge in [-0.25, -0.2) is 0 Å². The average molecular weight is 742 g/mol. The van der Waals surface area contributed by atoms with E-state index < -0.39 is 6.48 Å². The van der Waals surface area contributed by atoms with Crippen LogP contribution in [0.15, 0.2) is 0 Å². The van der Waals surface area contributed by atoms with Gasteiger partial charge in [0.25, 0.3) is 6.48 Å². The summed E-state index contributed by atoms with van der Waals surface area (Å²) in [6.07, 6.45) is 38.6. The van der Waals surface area contributed by atoms with Gasteiger partial charge in [-0.1, -0.05) is 168 Å². The van der Waals surface area contributed by atoms with E-state index in [0.717, 1.165) is 77.3 Å². The Morgan fingerprint density at radius 1 is 0.500 bits per heavy atom. The molecule has 0 aromatic heterocycles. The molecule has 7 nitrogen and oxygen atoms in total. The number of rotatable bonds is 44. The first kappa shape index (κ1) is 51.3. The van der Waals surface area contributed by atoms with Crippen LogP contribution in [0.2, 0.25) is 0 Å². The predicted molar refractivity (Wildman–Crippen MR) is 221 cm³/mol. The molecule has 0 radical (unpaired) electrons. The fourth-order valence-corrected chi connectivity index (χ4v) is 7.08. The number of esters is 1. The number of carbonyl (C=O) groups excluding carboxylic acids is 1. The first-order valence-corrected chi connectivity index (χ1v) is 23.0. The smallest absolute Gasteiger partial charge is 0.305 e. The van der Waals surface area contributed by atoms with Crippen LogP contribution in [0.1, 0.15) is 226 Å². The highest BCUT2D eigenvalue weighted by Crippen LogP contribution is 2.20. The van der Waals surface area contributed by atoms with Crippen molar-refractivity contribution in [3.63, 3.8) is 0 Å². The molecule has 2 N–H and O–H groups in total. The zero-order valence-electron chi connectivity index (χ0n) is 35.2. The summed E-state index contributed by atoms with van der Waals surface area (Å²) in [5, 5.41) is 19.5. The van der Waals surface area contributed by atoms with Crippen LogP contribution in [0.3, 0.4) is 0 Å². The summed E-state index contributed by atoms with van der Waals surface area (Å²) in [6.45, 7) is 10.2. The molecule has 1 unspecified atom stereocenters. The summed E-state index contributed by atoms with van der Waals surface area (Å²) in [5.74, 6) is 0.523. The monoisotopic (exact) mass is 742 g/mol. The van der Waals surface area contributed by atoms with Crippen LogP contribution in [-0.4, -0.2) is 73.6 Å². The van der Waals surface area contributed by atoms with Crippen molar-refractivity contribution in [2.45, 2.75) is 233 Å². The van der Waals surface area contributed by atoms with Crippen molar-refractivity contribution in [1.82, 2.24) is 4.90 Å². The van der Waals surface area contributed by atoms with Crippen LogP contribution in [0.5, 0.6) is 0 Å². The molecule has 0 aliphatic carbocycles. The third kappa shape index (κ3) is 39.0. The standard InChI is InChI=1S/C45H91NO6/c1-4-7-10-13-16-17-18-24-31-40-50-45(49)51-41-32-25-30-37-46(38-39-47)36-29-23-19-22-28-35-44(48)52-42-43(33-26-20-14-11-8-5-2)34-27-21-15-12-9-6-3/h43,45,47,49H,4-42H2,1-3H3. The zero-order chi connectivity index (χ0) is 38.0. The lowest BCUT2D eigenvalue weighted by molar-refractivity contribution is -0.263. The summed E-state index contributed by atoms with van der Waals surface area (Å²) in [4.78, 5) is 14.9. The lowest BCUT2D eigenvalue weighted by atomic mass is 9.94.